The van der Waals surface area contributed by atoms with Crippen molar-refractivity contribution in [2.24, 2.45) is 11.7 Å². The summed E-state index contributed by atoms with van der Waals surface area (Å²) in [6.45, 7) is 5.84. The first kappa shape index (κ1) is 22.1. The van der Waals surface area contributed by atoms with E-state index in [1.54, 1.807) is 0 Å². The van der Waals surface area contributed by atoms with Crippen LogP contribution >= 0.6 is 12.4 Å². The second-order valence-corrected chi connectivity index (χ2v) is 6.07. The van der Waals surface area contributed by atoms with E-state index >= 15 is 0 Å². The molecular formula is C15H23ClFN3O4. The van der Waals surface area contributed by atoms with Gasteiger partial charge in [0.15, 0.2) is 6.61 Å². The van der Waals surface area contributed by atoms with Crippen LogP contribution in [0.3, 0.4) is 0 Å². The number of benzene rings is 1. The van der Waals surface area contributed by atoms with E-state index in [4.69, 9.17) is 10.5 Å². The van der Waals surface area contributed by atoms with Gasteiger partial charge >= 0.3 is 5.69 Å². The minimum absolute atomic E-state index is 0. The summed E-state index contributed by atoms with van der Waals surface area (Å²) in [7, 11) is 0. The number of hydrogen-bond donors (Lipinski definition) is 2. The zero-order chi connectivity index (χ0) is 17.6. The van der Waals surface area contributed by atoms with Crippen LogP contribution in [0.2, 0.25) is 0 Å². The highest BCUT2D eigenvalue weighted by Crippen LogP contribution is 2.22. The minimum atomic E-state index is -1.01. The van der Waals surface area contributed by atoms with Crippen LogP contribution < -0.4 is 15.8 Å². The summed E-state index contributed by atoms with van der Waals surface area (Å²) in [6, 6.07) is 3.11. The third kappa shape index (κ3) is 6.67. The lowest BCUT2D eigenvalue weighted by Crippen LogP contribution is -2.53. The van der Waals surface area contributed by atoms with Gasteiger partial charge < -0.3 is 15.8 Å². The summed E-state index contributed by atoms with van der Waals surface area (Å²) in [4.78, 5) is 21.6. The number of nitrogens with two attached hydrogens (primary N) is 1. The quantitative estimate of drug-likeness (QED) is 0.544. The Balaban J connectivity index is 0.00000529. The molecule has 0 bridgehead atoms. The van der Waals surface area contributed by atoms with Gasteiger partial charge in [0.25, 0.3) is 5.91 Å². The molecule has 1 rings (SSSR count). The summed E-state index contributed by atoms with van der Waals surface area (Å²) in [6.07, 6.45) is 0.710. The Morgan fingerprint density at radius 1 is 1.50 bits per heavy atom. The van der Waals surface area contributed by atoms with Gasteiger partial charge in [-0.3, -0.25) is 14.9 Å². The highest BCUT2D eigenvalue weighted by atomic mass is 35.5. The first-order chi connectivity index (χ1) is 10.7. The monoisotopic (exact) mass is 363 g/mol. The van der Waals surface area contributed by atoms with Crippen molar-refractivity contribution >= 4 is 24.0 Å². The molecule has 1 amide bonds. The van der Waals surface area contributed by atoms with Crippen LogP contribution in [0, 0.1) is 21.8 Å². The summed E-state index contributed by atoms with van der Waals surface area (Å²) in [5.41, 5.74) is 4.52. The van der Waals surface area contributed by atoms with Gasteiger partial charge in [0.1, 0.15) is 5.75 Å². The number of nitrogens with zero attached hydrogens (tertiary/aromatic N) is 1. The van der Waals surface area contributed by atoms with Crippen LogP contribution in [0.1, 0.15) is 27.2 Å². The third-order valence-corrected chi connectivity index (χ3v) is 3.24. The van der Waals surface area contributed by atoms with Crippen molar-refractivity contribution in [3.8, 4) is 5.75 Å². The maximum Gasteiger partial charge on any atom is 0.305 e. The van der Waals surface area contributed by atoms with Gasteiger partial charge in [-0.25, -0.2) is 0 Å². The van der Waals surface area contributed by atoms with E-state index in [0.717, 1.165) is 12.1 Å². The van der Waals surface area contributed by atoms with Crippen molar-refractivity contribution < 1.29 is 18.8 Å². The number of hydrogen-bond acceptors (Lipinski definition) is 5. The Hall–Kier alpha value is -1.93. The first-order valence-electron chi connectivity index (χ1n) is 7.24. The molecule has 0 aromatic heterocycles. The molecule has 0 aliphatic rings. The number of rotatable bonds is 8. The van der Waals surface area contributed by atoms with Gasteiger partial charge in [-0.1, -0.05) is 13.8 Å². The largest absolute Gasteiger partial charge is 0.484 e. The molecular weight excluding hydrogens is 341 g/mol. The van der Waals surface area contributed by atoms with Crippen LogP contribution in [0.4, 0.5) is 10.1 Å². The minimum Gasteiger partial charge on any atom is -0.484 e. The Bertz CT molecular complexity index is 586. The molecule has 3 N–H and O–H groups in total. The lowest BCUT2D eigenvalue weighted by atomic mass is 9.91. The molecule has 0 aliphatic heterocycles. The van der Waals surface area contributed by atoms with Crippen LogP contribution in [0.5, 0.6) is 5.75 Å². The van der Waals surface area contributed by atoms with Crippen LogP contribution in [0.15, 0.2) is 18.2 Å². The van der Waals surface area contributed by atoms with E-state index in [0.29, 0.717) is 12.3 Å². The number of carbonyl (C=O) groups excluding carboxylic acids is 1. The predicted molar refractivity (Wildman–Crippen MR) is 90.9 cm³/mol. The van der Waals surface area contributed by atoms with Crippen molar-refractivity contribution in [3.63, 3.8) is 0 Å². The fourth-order valence-electron chi connectivity index (χ4n) is 2.33. The molecule has 0 spiro atoms. The highest BCUT2D eigenvalue weighted by Gasteiger charge is 2.26. The smallest absolute Gasteiger partial charge is 0.305 e. The molecule has 0 fully saturated rings. The molecule has 0 heterocycles. The van der Waals surface area contributed by atoms with Crippen LogP contribution in [-0.2, 0) is 4.79 Å². The molecule has 136 valence electrons. The number of nitrogens with one attached hydrogen (secondary N) is 1. The molecule has 1 unspecified atom stereocenters. The van der Waals surface area contributed by atoms with Gasteiger partial charge in [0.2, 0.25) is 5.82 Å². The summed E-state index contributed by atoms with van der Waals surface area (Å²) >= 11 is 0. The van der Waals surface area contributed by atoms with E-state index < -0.39 is 27.9 Å². The molecule has 1 atom stereocenters. The number of ether oxygens (including phenoxy) is 1. The van der Waals surface area contributed by atoms with Crippen LogP contribution in [-0.4, -0.2) is 29.5 Å². The maximum atomic E-state index is 13.5. The number of carbonyl (C=O) groups is 1. The van der Waals surface area contributed by atoms with Crippen molar-refractivity contribution in [3.05, 3.63) is 34.1 Å². The van der Waals surface area contributed by atoms with Crippen LogP contribution in [0.25, 0.3) is 0 Å². The molecule has 24 heavy (non-hydrogen) atoms. The fourth-order valence-corrected chi connectivity index (χ4v) is 2.33. The molecule has 1 aromatic carbocycles. The van der Waals surface area contributed by atoms with E-state index in [1.807, 2.05) is 20.8 Å². The van der Waals surface area contributed by atoms with Gasteiger partial charge in [-0.05, 0) is 25.3 Å². The summed E-state index contributed by atoms with van der Waals surface area (Å²) < 4.78 is 18.6. The summed E-state index contributed by atoms with van der Waals surface area (Å²) in [5.74, 6) is -1.01. The number of amides is 1. The number of halogens is 2. The maximum absolute atomic E-state index is 13.5. The molecule has 7 nitrogen and oxygen atoms in total. The lowest BCUT2D eigenvalue weighted by Gasteiger charge is -2.31. The molecule has 0 aliphatic carbocycles. The van der Waals surface area contributed by atoms with Gasteiger partial charge in [-0.2, -0.15) is 4.39 Å². The van der Waals surface area contributed by atoms with Crippen molar-refractivity contribution in [1.29, 1.82) is 0 Å². The van der Waals surface area contributed by atoms with E-state index in [-0.39, 0.29) is 31.3 Å². The van der Waals surface area contributed by atoms with E-state index in [1.165, 1.54) is 6.07 Å². The van der Waals surface area contributed by atoms with E-state index in [9.17, 15) is 19.3 Å². The predicted octanol–water partition coefficient (Wildman–Crippen LogP) is 2.41. The normalized spacial score (nSPS) is 12.9. The van der Waals surface area contributed by atoms with Gasteiger partial charge in [0.05, 0.1) is 4.92 Å². The zero-order valence-electron chi connectivity index (χ0n) is 13.9. The Morgan fingerprint density at radius 3 is 2.58 bits per heavy atom. The summed E-state index contributed by atoms with van der Waals surface area (Å²) in [5, 5.41) is 13.3. The average Bonchev–Trinajstić information content (AvgIpc) is 2.43. The van der Waals surface area contributed by atoms with E-state index in [2.05, 4.69) is 5.32 Å². The number of nitro benzene ring substituents is 1. The second kappa shape index (κ2) is 9.39. The lowest BCUT2D eigenvalue weighted by molar-refractivity contribution is -0.387. The van der Waals surface area contributed by atoms with Crippen molar-refractivity contribution in [2.45, 2.75) is 32.7 Å². The third-order valence-electron chi connectivity index (χ3n) is 3.24. The zero-order valence-corrected chi connectivity index (χ0v) is 14.7. The first-order valence-corrected chi connectivity index (χ1v) is 7.24. The molecule has 0 saturated carbocycles. The number of nitro groups is 1. The molecule has 0 radical (unpaired) electrons. The molecule has 1 aromatic rings. The second-order valence-electron chi connectivity index (χ2n) is 6.07. The Morgan fingerprint density at radius 2 is 2.12 bits per heavy atom. The Kier molecular flexibility index (Phi) is 8.63. The average molecular weight is 364 g/mol. The van der Waals surface area contributed by atoms with Crippen molar-refractivity contribution in [1.82, 2.24) is 5.32 Å². The van der Waals surface area contributed by atoms with Gasteiger partial charge in [-0.15, -0.1) is 12.4 Å². The van der Waals surface area contributed by atoms with Gasteiger partial charge in [0, 0.05) is 24.2 Å². The Labute approximate surface area is 146 Å². The van der Waals surface area contributed by atoms with Crippen molar-refractivity contribution in [2.75, 3.05) is 13.2 Å². The SMILES string of the molecule is CC(C)CC(C)(CN)NC(=O)COc1ccc([N+](=O)[O-])c(F)c1.Cl. The topological polar surface area (TPSA) is 107 Å². The highest BCUT2D eigenvalue weighted by molar-refractivity contribution is 5.85. The standard InChI is InChI=1S/C15H22FN3O4.ClH/c1-10(2)7-15(3,9-17)18-14(20)8-23-11-4-5-13(19(21)22)12(16)6-11;/h4-6,10H,7-9,17H2,1-3H3,(H,18,20);1H. The fraction of sp³-hybridized carbons (Fsp3) is 0.533. The molecule has 9 heteroatoms. The molecule has 0 saturated heterocycles.